The Bertz CT molecular complexity index is 481. The Morgan fingerprint density at radius 2 is 1.65 bits per heavy atom. The molecule has 128 valence electrons. The van der Waals surface area contributed by atoms with E-state index in [0.29, 0.717) is 17.8 Å². The van der Waals surface area contributed by atoms with Gasteiger partial charge in [-0.15, -0.1) is 0 Å². The Labute approximate surface area is 136 Å². The van der Waals surface area contributed by atoms with Gasteiger partial charge in [-0.2, -0.15) is 0 Å². The third-order valence-corrected chi connectivity index (χ3v) is 6.03. The van der Waals surface area contributed by atoms with Crippen LogP contribution in [0.3, 0.4) is 0 Å². The summed E-state index contributed by atoms with van der Waals surface area (Å²) in [6, 6.07) is -0.797. The lowest BCUT2D eigenvalue weighted by atomic mass is 9.49. The van der Waals surface area contributed by atoms with Gasteiger partial charge >= 0.3 is 5.97 Å². The summed E-state index contributed by atoms with van der Waals surface area (Å²) in [5.74, 6) is 0.954. The average molecular weight is 322 g/mol. The first kappa shape index (κ1) is 16.3. The van der Waals surface area contributed by atoms with Crippen LogP contribution >= 0.6 is 0 Å². The lowest BCUT2D eigenvalue weighted by Gasteiger charge is -2.55. The molecule has 0 heterocycles. The zero-order valence-electron chi connectivity index (χ0n) is 13.7. The van der Waals surface area contributed by atoms with E-state index < -0.39 is 17.9 Å². The zero-order chi connectivity index (χ0) is 16.6. The second-order valence-corrected chi connectivity index (χ2v) is 7.74. The monoisotopic (exact) mass is 322 g/mol. The lowest BCUT2D eigenvalue weighted by molar-refractivity contribution is -0.149. The fourth-order valence-corrected chi connectivity index (χ4v) is 5.35. The number of carbonyl (C=O) groups is 3. The van der Waals surface area contributed by atoms with Crippen molar-refractivity contribution in [3.63, 3.8) is 0 Å². The molecule has 6 heteroatoms. The van der Waals surface area contributed by atoms with Crippen molar-refractivity contribution in [1.29, 1.82) is 0 Å². The summed E-state index contributed by atoms with van der Waals surface area (Å²) in [5, 5.41) is 2.83. The van der Waals surface area contributed by atoms with Crippen LogP contribution in [0.25, 0.3) is 0 Å². The summed E-state index contributed by atoms with van der Waals surface area (Å²) in [7, 11) is 1.30. The van der Waals surface area contributed by atoms with Crippen molar-refractivity contribution >= 4 is 17.8 Å². The molecule has 0 aromatic heterocycles. The minimum atomic E-state index is -0.797. The Morgan fingerprint density at radius 1 is 1.13 bits per heavy atom. The molecular formula is C17H26N2O4. The highest BCUT2D eigenvalue weighted by molar-refractivity contribution is 5.90. The number of nitrogens with two attached hydrogens (primary N) is 1. The summed E-state index contributed by atoms with van der Waals surface area (Å²) < 4.78 is 4.58. The predicted molar refractivity (Wildman–Crippen MR) is 83.0 cm³/mol. The molecule has 0 aromatic rings. The van der Waals surface area contributed by atoms with Crippen LogP contribution in [0.1, 0.15) is 51.4 Å². The molecule has 4 fully saturated rings. The van der Waals surface area contributed by atoms with E-state index in [1.807, 2.05) is 0 Å². The maximum atomic E-state index is 12.9. The molecule has 0 spiro atoms. The molecule has 2 amide bonds. The quantitative estimate of drug-likeness (QED) is 0.716. The van der Waals surface area contributed by atoms with Gasteiger partial charge in [0.2, 0.25) is 11.8 Å². The second kappa shape index (κ2) is 6.13. The molecule has 4 bridgehead atoms. The Hall–Kier alpha value is -1.59. The third-order valence-electron chi connectivity index (χ3n) is 6.03. The third kappa shape index (κ3) is 3.21. The Kier molecular flexibility index (Phi) is 4.34. The molecule has 4 rings (SSSR count). The van der Waals surface area contributed by atoms with Crippen molar-refractivity contribution in [2.24, 2.45) is 28.9 Å². The number of primary amides is 1. The van der Waals surface area contributed by atoms with Crippen molar-refractivity contribution in [2.75, 3.05) is 7.11 Å². The van der Waals surface area contributed by atoms with Crippen LogP contribution in [0.4, 0.5) is 0 Å². The molecule has 0 radical (unpaired) electrons. The smallest absolute Gasteiger partial charge is 0.305 e. The number of methoxy groups -OCH3 is 1. The molecule has 0 saturated heterocycles. The number of hydrogen-bond acceptors (Lipinski definition) is 4. The van der Waals surface area contributed by atoms with Crippen LogP contribution in [-0.2, 0) is 19.1 Å². The minimum absolute atomic E-state index is 0.0368. The number of carbonyl (C=O) groups excluding carboxylic acids is 3. The first-order chi connectivity index (χ1) is 10.9. The molecule has 0 aromatic carbocycles. The standard InChI is InChI=1S/C17H26N2O4/c1-23-14(20)3-2-13(15(18)21)19-16(22)17-7-10-4-11(8-17)6-12(5-10)9-17/h10-13H,2-9H2,1H3,(H2,18,21)(H,19,22)/t10?,11?,12?,13-,17?/m0/s1. The van der Waals surface area contributed by atoms with Crippen LogP contribution in [0.5, 0.6) is 0 Å². The van der Waals surface area contributed by atoms with E-state index in [4.69, 9.17) is 5.73 Å². The van der Waals surface area contributed by atoms with E-state index in [0.717, 1.165) is 19.3 Å². The van der Waals surface area contributed by atoms with Crippen molar-refractivity contribution in [2.45, 2.75) is 57.4 Å². The van der Waals surface area contributed by atoms with Gasteiger partial charge in [0.1, 0.15) is 6.04 Å². The lowest BCUT2D eigenvalue weighted by Crippen LogP contribution is -2.57. The second-order valence-electron chi connectivity index (χ2n) is 7.74. The molecule has 1 atom stereocenters. The first-order valence-electron chi connectivity index (χ1n) is 8.59. The number of amides is 2. The fourth-order valence-electron chi connectivity index (χ4n) is 5.35. The van der Waals surface area contributed by atoms with Crippen LogP contribution in [0, 0.1) is 23.2 Å². The maximum absolute atomic E-state index is 12.9. The van der Waals surface area contributed by atoms with Crippen LogP contribution in [-0.4, -0.2) is 30.9 Å². The normalized spacial score (nSPS) is 35.6. The molecule has 0 unspecified atom stereocenters. The highest BCUT2D eigenvalue weighted by Crippen LogP contribution is 2.60. The Balaban J connectivity index is 1.65. The van der Waals surface area contributed by atoms with Gasteiger partial charge in [-0.05, 0) is 62.7 Å². The van der Waals surface area contributed by atoms with Gasteiger partial charge in [-0.1, -0.05) is 0 Å². The SMILES string of the molecule is COC(=O)CC[C@H](NC(=O)C12CC3CC(CC(C3)C1)C2)C(N)=O. The number of nitrogens with one attached hydrogen (secondary N) is 1. The van der Waals surface area contributed by atoms with Crippen molar-refractivity contribution in [3.8, 4) is 0 Å². The molecule has 4 saturated carbocycles. The highest BCUT2D eigenvalue weighted by atomic mass is 16.5. The molecule has 4 aliphatic rings. The van der Waals surface area contributed by atoms with Crippen molar-refractivity contribution in [3.05, 3.63) is 0 Å². The van der Waals surface area contributed by atoms with Gasteiger partial charge in [0.15, 0.2) is 0 Å². The van der Waals surface area contributed by atoms with Gasteiger partial charge in [0.25, 0.3) is 0 Å². The molecule has 3 N–H and O–H groups in total. The van der Waals surface area contributed by atoms with Gasteiger partial charge in [0.05, 0.1) is 7.11 Å². The van der Waals surface area contributed by atoms with E-state index in [9.17, 15) is 14.4 Å². The topological polar surface area (TPSA) is 98.5 Å². The van der Waals surface area contributed by atoms with Gasteiger partial charge < -0.3 is 15.8 Å². The van der Waals surface area contributed by atoms with Crippen molar-refractivity contribution < 1.29 is 19.1 Å². The van der Waals surface area contributed by atoms with E-state index in [1.54, 1.807) is 0 Å². The average Bonchev–Trinajstić information content (AvgIpc) is 2.49. The molecular weight excluding hydrogens is 296 g/mol. The van der Waals surface area contributed by atoms with E-state index in [-0.39, 0.29) is 24.2 Å². The first-order valence-corrected chi connectivity index (χ1v) is 8.59. The largest absolute Gasteiger partial charge is 0.469 e. The molecule has 6 nitrogen and oxygen atoms in total. The predicted octanol–water partition coefficient (Wildman–Crippen LogP) is 1.13. The molecule has 23 heavy (non-hydrogen) atoms. The van der Waals surface area contributed by atoms with E-state index in [2.05, 4.69) is 10.1 Å². The van der Waals surface area contributed by atoms with Gasteiger partial charge in [0, 0.05) is 11.8 Å². The summed E-state index contributed by atoms with van der Waals surface area (Å²) in [6.45, 7) is 0. The summed E-state index contributed by atoms with van der Waals surface area (Å²) in [4.78, 5) is 35.8. The van der Waals surface area contributed by atoms with Gasteiger partial charge in [-0.3, -0.25) is 14.4 Å². The molecule has 4 aliphatic carbocycles. The van der Waals surface area contributed by atoms with Crippen LogP contribution in [0.2, 0.25) is 0 Å². The Morgan fingerprint density at radius 3 is 2.09 bits per heavy atom. The zero-order valence-corrected chi connectivity index (χ0v) is 13.7. The fraction of sp³-hybridized carbons (Fsp3) is 0.824. The summed E-state index contributed by atoms with van der Waals surface area (Å²) >= 11 is 0. The van der Waals surface area contributed by atoms with Crippen molar-refractivity contribution in [1.82, 2.24) is 5.32 Å². The summed E-state index contributed by atoms with van der Waals surface area (Å²) in [5.41, 5.74) is 5.09. The van der Waals surface area contributed by atoms with Crippen LogP contribution < -0.4 is 11.1 Å². The number of rotatable bonds is 6. The van der Waals surface area contributed by atoms with E-state index >= 15 is 0 Å². The summed E-state index contributed by atoms with van der Waals surface area (Å²) in [6.07, 6.45) is 6.86. The number of ether oxygens (including phenoxy) is 1. The van der Waals surface area contributed by atoms with E-state index in [1.165, 1.54) is 26.4 Å². The highest BCUT2D eigenvalue weighted by Gasteiger charge is 2.54. The number of esters is 1. The van der Waals surface area contributed by atoms with Crippen LogP contribution in [0.15, 0.2) is 0 Å². The maximum Gasteiger partial charge on any atom is 0.305 e. The molecule has 0 aliphatic heterocycles. The minimum Gasteiger partial charge on any atom is -0.469 e. The van der Waals surface area contributed by atoms with Gasteiger partial charge in [-0.25, -0.2) is 0 Å². The number of hydrogen-bond donors (Lipinski definition) is 2.